The first-order chi connectivity index (χ1) is 14.6. The van der Waals surface area contributed by atoms with Crippen molar-refractivity contribution in [3.63, 3.8) is 0 Å². The Bertz CT molecular complexity index is 1320. The summed E-state index contributed by atoms with van der Waals surface area (Å²) in [7, 11) is 0. The minimum atomic E-state index is -0.806. The summed E-state index contributed by atoms with van der Waals surface area (Å²) in [6.07, 6.45) is 5.27. The molecular weight excluding hydrogens is 392 g/mol. The number of rotatable bonds is 4. The highest BCUT2D eigenvalue weighted by atomic mass is 16.5. The average molecular weight is 406 g/mol. The number of oxazole rings is 1. The van der Waals surface area contributed by atoms with Gasteiger partial charge in [-0.15, -0.1) is 0 Å². The average Bonchev–Trinajstić information content (AvgIpc) is 3.33. The van der Waals surface area contributed by atoms with E-state index in [2.05, 4.69) is 25.4 Å². The van der Waals surface area contributed by atoms with E-state index in [-0.39, 0.29) is 18.7 Å². The van der Waals surface area contributed by atoms with Crippen LogP contribution in [0.1, 0.15) is 30.3 Å². The second-order valence-corrected chi connectivity index (χ2v) is 6.82. The fourth-order valence-electron chi connectivity index (χ4n) is 3.45. The Morgan fingerprint density at radius 1 is 1.17 bits per heavy atom. The predicted octanol–water partition coefficient (Wildman–Crippen LogP) is 1.00. The molecule has 11 heteroatoms. The van der Waals surface area contributed by atoms with E-state index in [9.17, 15) is 14.4 Å². The molecule has 1 aliphatic heterocycles. The van der Waals surface area contributed by atoms with Crippen molar-refractivity contribution in [1.29, 1.82) is 0 Å². The third kappa shape index (κ3) is 3.15. The van der Waals surface area contributed by atoms with E-state index in [1.807, 2.05) is 0 Å². The van der Waals surface area contributed by atoms with Crippen LogP contribution in [0.4, 0.5) is 0 Å². The van der Waals surface area contributed by atoms with Crippen LogP contribution in [0.15, 0.2) is 50.7 Å². The molecule has 0 spiro atoms. The van der Waals surface area contributed by atoms with Crippen molar-refractivity contribution in [1.82, 2.24) is 30.0 Å². The maximum Gasteiger partial charge on any atom is 0.420 e. The number of imide groups is 1. The molecule has 1 unspecified atom stereocenters. The molecule has 1 N–H and O–H groups in total. The highest BCUT2D eigenvalue weighted by Gasteiger charge is 2.31. The van der Waals surface area contributed by atoms with Crippen LogP contribution < -0.4 is 11.1 Å². The first kappa shape index (κ1) is 17.9. The number of aromatic nitrogens is 5. The van der Waals surface area contributed by atoms with Crippen LogP contribution in [0.2, 0.25) is 0 Å². The molecule has 11 nitrogen and oxygen atoms in total. The number of nitrogens with one attached hydrogen (secondary N) is 1. The lowest BCUT2D eigenvalue weighted by Gasteiger charge is -2.21. The van der Waals surface area contributed by atoms with Crippen molar-refractivity contribution in [2.24, 2.45) is 0 Å². The third-order valence-corrected chi connectivity index (χ3v) is 4.84. The Morgan fingerprint density at radius 2 is 2.00 bits per heavy atom. The number of hydrogen-bond donors (Lipinski definition) is 1. The smallest absolute Gasteiger partial charge is 0.408 e. The summed E-state index contributed by atoms with van der Waals surface area (Å²) in [5.74, 6) is -0.787. The summed E-state index contributed by atoms with van der Waals surface area (Å²) in [5, 5.41) is 6.19. The molecule has 0 aliphatic carbocycles. The lowest BCUT2D eigenvalue weighted by molar-refractivity contribution is -0.135. The fourth-order valence-corrected chi connectivity index (χ4v) is 3.45. The number of carbonyl (C=O) groups excluding carboxylic acids is 2. The fraction of sp³-hybridized carbons (Fsp3) is 0.211. The van der Waals surface area contributed by atoms with Gasteiger partial charge in [0.25, 0.3) is 0 Å². The number of amides is 2. The number of hydrogen-bond acceptors (Lipinski definition) is 9. The molecule has 2 amide bonds. The Kier molecular flexibility index (Phi) is 4.20. The Morgan fingerprint density at radius 3 is 2.80 bits per heavy atom. The van der Waals surface area contributed by atoms with Gasteiger partial charge in [-0.3, -0.25) is 19.5 Å². The SMILES string of the molecule is O=C1CCC(n2c(=O)oc3ccc(Cc4nc(-c5cncnc5)no4)cc32)C(=O)N1. The summed E-state index contributed by atoms with van der Waals surface area (Å²) in [6.45, 7) is 0. The molecular formula is C19H14N6O5. The Labute approximate surface area is 167 Å². The maximum atomic E-state index is 12.4. The summed E-state index contributed by atoms with van der Waals surface area (Å²) in [5.41, 5.74) is 2.22. The molecule has 1 aliphatic rings. The summed E-state index contributed by atoms with van der Waals surface area (Å²) in [6, 6.07) is 4.35. The van der Waals surface area contributed by atoms with Gasteiger partial charge in [0.05, 0.1) is 17.5 Å². The second kappa shape index (κ2) is 7.03. The van der Waals surface area contributed by atoms with E-state index in [4.69, 9.17) is 8.94 Å². The lowest BCUT2D eigenvalue weighted by Crippen LogP contribution is -2.43. The zero-order chi connectivity index (χ0) is 20.7. The monoisotopic (exact) mass is 406 g/mol. The Balaban J connectivity index is 1.47. The van der Waals surface area contributed by atoms with Gasteiger partial charge in [-0.05, 0) is 24.1 Å². The topological polar surface area (TPSA) is 146 Å². The van der Waals surface area contributed by atoms with Gasteiger partial charge >= 0.3 is 5.76 Å². The van der Waals surface area contributed by atoms with Crippen molar-refractivity contribution in [2.75, 3.05) is 0 Å². The van der Waals surface area contributed by atoms with Crippen LogP contribution in [-0.4, -0.2) is 36.5 Å². The largest absolute Gasteiger partial charge is 0.420 e. The van der Waals surface area contributed by atoms with Crippen molar-refractivity contribution in [2.45, 2.75) is 25.3 Å². The zero-order valence-electron chi connectivity index (χ0n) is 15.4. The summed E-state index contributed by atoms with van der Waals surface area (Å²) in [4.78, 5) is 48.2. The highest BCUT2D eigenvalue weighted by molar-refractivity contribution is 6.00. The molecule has 150 valence electrons. The second-order valence-electron chi connectivity index (χ2n) is 6.82. The summed E-state index contributed by atoms with van der Waals surface area (Å²) >= 11 is 0. The van der Waals surface area contributed by atoms with Crippen molar-refractivity contribution >= 4 is 22.9 Å². The molecule has 1 fully saturated rings. The third-order valence-electron chi connectivity index (χ3n) is 4.84. The quantitative estimate of drug-likeness (QED) is 0.490. The lowest BCUT2D eigenvalue weighted by atomic mass is 10.1. The molecule has 1 aromatic carbocycles. The molecule has 4 aromatic rings. The van der Waals surface area contributed by atoms with Crippen LogP contribution in [-0.2, 0) is 16.0 Å². The molecule has 1 saturated heterocycles. The molecule has 0 bridgehead atoms. The maximum absolute atomic E-state index is 12.4. The zero-order valence-corrected chi connectivity index (χ0v) is 15.4. The van der Waals surface area contributed by atoms with Gasteiger partial charge in [-0.2, -0.15) is 4.98 Å². The normalized spacial score (nSPS) is 16.7. The first-order valence-corrected chi connectivity index (χ1v) is 9.14. The number of carbonyl (C=O) groups is 2. The van der Waals surface area contributed by atoms with Crippen molar-refractivity contribution in [3.8, 4) is 11.4 Å². The van der Waals surface area contributed by atoms with Gasteiger partial charge in [0, 0.05) is 18.8 Å². The molecule has 5 rings (SSSR count). The number of benzene rings is 1. The van der Waals surface area contributed by atoms with Crippen LogP contribution in [0.3, 0.4) is 0 Å². The van der Waals surface area contributed by atoms with Crippen LogP contribution >= 0.6 is 0 Å². The van der Waals surface area contributed by atoms with Crippen LogP contribution in [0, 0.1) is 0 Å². The minimum Gasteiger partial charge on any atom is -0.408 e. The van der Waals surface area contributed by atoms with E-state index in [0.29, 0.717) is 34.8 Å². The van der Waals surface area contributed by atoms with E-state index in [0.717, 1.165) is 5.56 Å². The molecule has 4 heterocycles. The highest BCUT2D eigenvalue weighted by Crippen LogP contribution is 2.25. The van der Waals surface area contributed by atoms with Gasteiger partial charge in [0.15, 0.2) is 5.58 Å². The number of piperidine rings is 1. The molecule has 3 aromatic heterocycles. The van der Waals surface area contributed by atoms with E-state index in [1.165, 1.54) is 10.9 Å². The van der Waals surface area contributed by atoms with Gasteiger partial charge in [-0.25, -0.2) is 14.8 Å². The Hall–Kier alpha value is -4.15. The predicted molar refractivity (Wildman–Crippen MR) is 100 cm³/mol. The van der Waals surface area contributed by atoms with E-state index < -0.39 is 17.7 Å². The molecule has 1 atom stereocenters. The van der Waals surface area contributed by atoms with Crippen molar-refractivity contribution < 1.29 is 18.5 Å². The van der Waals surface area contributed by atoms with E-state index >= 15 is 0 Å². The van der Waals surface area contributed by atoms with Gasteiger partial charge in [0.1, 0.15) is 12.4 Å². The molecule has 0 radical (unpaired) electrons. The van der Waals surface area contributed by atoms with Crippen LogP contribution in [0.25, 0.3) is 22.5 Å². The summed E-state index contributed by atoms with van der Waals surface area (Å²) < 4.78 is 11.9. The van der Waals surface area contributed by atoms with E-state index in [1.54, 1.807) is 30.6 Å². The van der Waals surface area contributed by atoms with Gasteiger partial charge in [0.2, 0.25) is 23.5 Å². The first-order valence-electron chi connectivity index (χ1n) is 9.14. The minimum absolute atomic E-state index is 0.156. The molecule has 30 heavy (non-hydrogen) atoms. The number of fused-ring (bicyclic) bond motifs is 1. The van der Waals surface area contributed by atoms with Gasteiger partial charge < -0.3 is 8.94 Å². The number of nitrogens with zero attached hydrogens (tertiary/aromatic N) is 5. The van der Waals surface area contributed by atoms with Crippen LogP contribution in [0.5, 0.6) is 0 Å². The molecule has 0 saturated carbocycles. The van der Waals surface area contributed by atoms with Gasteiger partial charge in [-0.1, -0.05) is 11.2 Å². The standard InChI is InChI=1S/C19H14N6O5/c26-15-4-2-12(18(27)22-15)25-13-5-10(1-3-14(13)29-19(25)28)6-16-23-17(24-30-16)11-7-20-9-21-8-11/h1,3,5,7-9,12H,2,4,6H2,(H,22,26,27). The van der Waals surface area contributed by atoms with Crippen molar-refractivity contribution in [3.05, 3.63) is 58.9 Å².